The van der Waals surface area contributed by atoms with Gasteiger partial charge in [-0.1, -0.05) is 11.6 Å². The molecule has 20 heavy (non-hydrogen) atoms. The van der Waals surface area contributed by atoms with Gasteiger partial charge in [-0.25, -0.2) is 14.8 Å². The Labute approximate surface area is 123 Å². The zero-order valence-electron chi connectivity index (χ0n) is 10.5. The predicted octanol–water partition coefficient (Wildman–Crippen LogP) is 1.87. The van der Waals surface area contributed by atoms with E-state index in [2.05, 4.69) is 14.3 Å². The molecule has 0 aliphatic heterocycles. The molecule has 0 aliphatic rings. The molecule has 1 amide bonds. The Balaban J connectivity index is 2.36. The summed E-state index contributed by atoms with van der Waals surface area (Å²) < 4.78 is 3.96. The third-order valence-corrected chi connectivity index (χ3v) is 3.72. The van der Waals surface area contributed by atoms with Gasteiger partial charge >= 0.3 is 5.97 Å². The van der Waals surface area contributed by atoms with Crippen molar-refractivity contribution in [2.24, 2.45) is 0 Å². The summed E-state index contributed by atoms with van der Waals surface area (Å²) in [5.41, 5.74) is 0.436. The first-order valence-electron chi connectivity index (χ1n) is 5.37. The van der Waals surface area contributed by atoms with Crippen molar-refractivity contribution in [2.75, 3.05) is 11.9 Å². The molecule has 0 saturated heterocycles. The zero-order chi connectivity index (χ0) is 14.9. The van der Waals surface area contributed by atoms with Crippen LogP contribution >= 0.6 is 23.1 Å². The summed E-state index contributed by atoms with van der Waals surface area (Å²) in [5, 5.41) is 9.57. The zero-order valence-corrected chi connectivity index (χ0v) is 12.1. The van der Waals surface area contributed by atoms with Crippen LogP contribution in [0.15, 0.2) is 12.4 Å². The van der Waals surface area contributed by atoms with Gasteiger partial charge in [-0.3, -0.25) is 9.69 Å². The number of rotatable bonds is 3. The van der Waals surface area contributed by atoms with Gasteiger partial charge < -0.3 is 5.11 Å². The van der Waals surface area contributed by atoms with E-state index in [0.29, 0.717) is 5.69 Å². The van der Waals surface area contributed by atoms with E-state index in [0.717, 1.165) is 11.5 Å². The van der Waals surface area contributed by atoms with Crippen molar-refractivity contribution in [3.63, 3.8) is 0 Å². The van der Waals surface area contributed by atoms with Crippen LogP contribution in [0.1, 0.15) is 26.5 Å². The van der Waals surface area contributed by atoms with Crippen molar-refractivity contribution in [3.05, 3.63) is 34.5 Å². The fourth-order valence-electron chi connectivity index (χ4n) is 1.52. The molecule has 0 spiro atoms. The van der Waals surface area contributed by atoms with Gasteiger partial charge in [-0.2, -0.15) is 4.37 Å². The number of hydrogen-bond acceptors (Lipinski definition) is 6. The number of carboxylic acid groups (broad SMARTS) is 1. The number of carbonyl (C=O) groups excluding carboxylic acids is 1. The molecule has 0 radical (unpaired) electrons. The standard InChI is InChI=1S/C11H9ClN4O3S/c1-5-8(11(18)19)10(20-15-5)16(2)9(17)6-3-14-7(12)4-13-6/h3-4H,1-2H3,(H,18,19). The Morgan fingerprint density at radius 2 is 2.05 bits per heavy atom. The van der Waals surface area contributed by atoms with Crippen molar-refractivity contribution >= 4 is 40.0 Å². The van der Waals surface area contributed by atoms with Crippen LogP contribution in [0.4, 0.5) is 5.00 Å². The third-order valence-electron chi connectivity index (χ3n) is 2.51. The average Bonchev–Trinajstić information content (AvgIpc) is 2.80. The lowest BCUT2D eigenvalue weighted by atomic mass is 10.2. The van der Waals surface area contributed by atoms with E-state index in [1.165, 1.54) is 24.3 Å². The number of halogens is 1. The Morgan fingerprint density at radius 1 is 1.35 bits per heavy atom. The minimum Gasteiger partial charge on any atom is -0.478 e. The summed E-state index contributed by atoms with van der Waals surface area (Å²) in [5.74, 6) is -1.62. The minimum atomic E-state index is -1.13. The van der Waals surface area contributed by atoms with Gasteiger partial charge in [0.05, 0.1) is 18.1 Å². The number of aromatic nitrogens is 3. The van der Waals surface area contributed by atoms with Crippen LogP contribution in [0, 0.1) is 6.92 Å². The van der Waals surface area contributed by atoms with Gasteiger partial charge in [0, 0.05) is 7.05 Å². The van der Waals surface area contributed by atoms with Gasteiger partial charge in [0.1, 0.15) is 21.4 Å². The summed E-state index contributed by atoms with van der Waals surface area (Å²) >= 11 is 6.54. The first kappa shape index (κ1) is 14.4. The number of aromatic carboxylic acids is 1. The maximum Gasteiger partial charge on any atom is 0.340 e. The maximum absolute atomic E-state index is 12.2. The summed E-state index contributed by atoms with van der Waals surface area (Å²) in [7, 11) is 1.46. The van der Waals surface area contributed by atoms with Gasteiger partial charge in [-0.15, -0.1) is 0 Å². The minimum absolute atomic E-state index is 0.00720. The van der Waals surface area contributed by atoms with Crippen LogP contribution in [0.5, 0.6) is 0 Å². The van der Waals surface area contributed by atoms with Gasteiger partial charge in [0.2, 0.25) is 0 Å². The molecule has 2 heterocycles. The first-order valence-corrected chi connectivity index (χ1v) is 6.52. The third kappa shape index (κ3) is 2.61. The fraction of sp³-hybridized carbons (Fsp3) is 0.182. The lowest BCUT2D eigenvalue weighted by Crippen LogP contribution is -2.27. The molecule has 0 bridgehead atoms. The summed E-state index contributed by atoms with van der Waals surface area (Å²) in [6, 6.07) is 0. The average molecular weight is 313 g/mol. The second-order valence-corrected chi connectivity index (χ2v) is 4.98. The number of carboxylic acids is 1. The smallest absolute Gasteiger partial charge is 0.340 e. The maximum atomic E-state index is 12.2. The molecule has 2 aromatic heterocycles. The Hall–Kier alpha value is -2.06. The molecule has 0 unspecified atom stereocenters. The molecular formula is C11H9ClN4O3S. The van der Waals surface area contributed by atoms with E-state index >= 15 is 0 Å². The lowest BCUT2D eigenvalue weighted by Gasteiger charge is -2.14. The van der Waals surface area contributed by atoms with Crippen molar-refractivity contribution in [3.8, 4) is 0 Å². The Bertz CT molecular complexity index is 671. The number of aryl methyl sites for hydroxylation is 1. The van der Waals surface area contributed by atoms with Crippen LogP contribution < -0.4 is 4.90 Å². The van der Waals surface area contributed by atoms with Crippen molar-refractivity contribution in [1.29, 1.82) is 0 Å². The van der Waals surface area contributed by atoms with E-state index < -0.39 is 11.9 Å². The molecule has 1 N–H and O–H groups in total. The normalized spacial score (nSPS) is 10.3. The highest BCUT2D eigenvalue weighted by Gasteiger charge is 2.25. The second kappa shape index (κ2) is 5.51. The van der Waals surface area contributed by atoms with Crippen LogP contribution in [0.2, 0.25) is 5.15 Å². The van der Waals surface area contributed by atoms with Crippen molar-refractivity contribution < 1.29 is 14.7 Å². The van der Waals surface area contributed by atoms with E-state index in [4.69, 9.17) is 16.7 Å². The number of amides is 1. The lowest BCUT2D eigenvalue weighted by molar-refractivity contribution is 0.0697. The number of anilines is 1. The van der Waals surface area contributed by atoms with E-state index in [-0.39, 0.29) is 21.4 Å². The summed E-state index contributed by atoms with van der Waals surface area (Å²) in [6.45, 7) is 1.57. The molecular weight excluding hydrogens is 304 g/mol. The Kier molecular flexibility index (Phi) is 3.96. The molecule has 0 fully saturated rings. The molecule has 7 nitrogen and oxygen atoms in total. The molecule has 104 valence electrons. The Morgan fingerprint density at radius 3 is 2.60 bits per heavy atom. The number of hydrogen-bond donors (Lipinski definition) is 1. The van der Waals surface area contributed by atoms with Crippen molar-refractivity contribution in [2.45, 2.75) is 6.92 Å². The fourth-order valence-corrected chi connectivity index (χ4v) is 2.46. The molecule has 0 saturated carbocycles. The van der Waals surface area contributed by atoms with E-state index in [1.807, 2.05) is 0 Å². The molecule has 0 aliphatic carbocycles. The molecule has 2 rings (SSSR count). The van der Waals surface area contributed by atoms with Gasteiger partial charge in [-0.05, 0) is 18.5 Å². The predicted molar refractivity (Wildman–Crippen MR) is 73.6 cm³/mol. The van der Waals surface area contributed by atoms with E-state index in [9.17, 15) is 9.59 Å². The number of carbonyl (C=O) groups is 2. The van der Waals surface area contributed by atoms with Crippen LogP contribution in [-0.2, 0) is 0 Å². The van der Waals surface area contributed by atoms with Crippen LogP contribution in [-0.4, -0.2) is 38.4 Å². The highest BCUT2D eigenvalue weighted by Crippen LogP contribution is 2.28. The van der Waals surface area contributed by atoms with Gasteiger partial charge in [0.15, 0.2) is 0 Å². The summed E-state index contributed by atoms with van der Waals surface area (Å²) in [4.78, 5) is 32.2. The molecule has 2 aromatic rings. The molecule has 9 heteroatoms. The molecule has 0 atom stereocenters. The van der Waals surface area contributed by atoms with E-state index in [1.54, 1.807) is 6.92 Å². The summed E-state index contributed by atoms with van der Waals surface area (Å²) in [6.07, 6.45) is 2.48. The topological polar surface area (TPSA) is 96.3 Å². The first-order chi connectivity index (χ1) is 9.41. The second-order valence-electron chi connectivity index (χ2n) is 3.84. The number of nitrogens with zero attached hydrogens (tertiary/aromatic N) is 4. The largest absolute Gasteiger partial charge is 0.478 e. The highest BCUT2D eigenvalue weighted by molar-refractivity contribution is 7.11. The van der Waals surface area contributed by atoms with Crippen molar-refractivity contribution in [1.82, 2.24) is 14.3 Å². The SMILES string of the molecule is Cc1nsc(N(C)C(=O)c2cnc(Cl)cn2)c1C(=O)O. The van der Waals surface area contributed by atoms with Crippen LogP contribution in [0.25, 0.3) is 0 Å². The molecule has 0 aromatic carbocycles. The highest BCUT2D eigenvalue weighted by atomic mass is 35.5. The monoisotopic (exact) mass is 312 g/mol. The van der Waals surface area contributed by atoms with Crippen LogP contribution in [0.3, 0.4) is 0 Å². The quantitative estimate of drug-likeness (QED) is 0.929. The van der Waals surface area contributed by atoms with Gasteiger partial charge in [0.25, 0.3) is 5.91 Å².